The molecule has 1 aliphatic heterocycles. The van der Waals surface area contributed by atoms with Gasteiger partial charge in [-0.05, 0) is 46.6 Å². The number of nitrogens with one attached hydrogen (secondary N) is 1. The van der Waals surface area contributed by atoms with Gasteiger partial charge in [-0.15, -0.1) is 6.42 Å². The fourth-order valence-electron chi connectivity index (χ4n) is 2.50. The van der Waals surface area contributed by atoms with Gasteiger partial charge in [-0.3, -0.25) is 5.32 Å². The number of likely N-dealkylation sites (tertiary alicyclic amines) is 1. The van der Waals surface area contributed by atoms with E-state index in [4.69, 9.17) is 6.42 Å². The van der Waals surface area contributed by atoms with Gasteiger partial charge in [0, 0.05) is 18.6 Å². The predicted octanol–water partition coefficient (Wildman–Crippen LogP) is 2.25. The number of rotatable bonds is 3. The molecule has 16 heavy (non-hydrogen) atoms. The quantitative estimate of drug-likeness (QED) is 0.737. The largest absolute Gasteiger partial charge is 0.303 e. The van der Waals surface area contributed by atoms with Crippen molar-refractivity contribution in [3.8, 4) is 12.3 Å². The predicted molar refractivity (Wildman–Crippen MR) is 70.4 cm³/mol. The molecule has 0 saturated carbocycles. The lowest BCUT2D eigenvalue weighted by molar-refractivity contribution is 0.147. The molecule has 0 spiro atoms. The highest BCUT2D eigenvalue weighted by molar-refractivity contribution is 5.16. The summed E-state index contributed by atoms with van der Waals surface area (Å²) in [6, 6.07) is 0. The SMILES string of the molecule is C#CC1(NC(C)(C)C)CCN(CCC)CC1. The summed E-state index contributed by atoms with van der Waals surface area (Å²) in [5.41, 5.74) is 0.0157. The Morgan fingerprint density at radius 3 is 2.25 bits per heavy atom. The third-order valence-corrected chi connectivity index (χ3v) is 3.14. The van der Waals surface area contributed by atoms with Crippen molar-refractivity contribution in [2.75, 3.05) is 19.6 Å². The van der Waals surface area contributed by atoms with Crippen molar-refractivity contribution < 1.29 is 0 Å². The molecule has 1 fully saturated rings. The van der Waals surface area contributed by atoms with E-state index >= 15 is 0 Å². The summed E-state index contributed by atoms with van der Waals surface area (Å²) >= 11 is 0. The lowest BCUT2D eigenvalue weighted by Crippen LogP contribution is -2.58. The van der Waals surface area contributed by atoms with E-state index < -0.39 is 0 Å². The van der Waals surface area contributed by atoms with Crippen LogP contribution in [-0.2, 0) is 0 Å². The van der Waals surface area contributed by atoms with Gasteiger partial charge in [0.15, 0.2) is 0 Å². The monoisotopic (exact) mass is 222 g/mol. The number of terminal acetylenes is 1. The van der Waals surface area contributed by atoms with E-state index in [1.54, 1.807) is 0 Å². The Labute approximate surface area is 101 Å². The third kappa shape index (κ3) is 3.81. The number of hydrogen-bond donors (Lipinski definition) is 1. The summed E-state index contributed by atoms with van der Waals surface area (Å²) in [6.45, 7) is 12.2. The van der Waals surface area contributed by atoms with Crippen LogP contribution in [0.3, 0.4) is 0 Å². The van der Waals surface area contributed by atoms with Crippen molar-refractivity contribution in [1.82, 2.24) is 10.2 Å². The molecule has 0 bridgehead atoms. The Bertz CT molecular complexity index is 249. The first-order valence-electron chi connectivity index (χ1n) is 6.40. The van der Waals surface area contributed by atoms with Crippen molar-refractivity contribution >= 4 is 0 Å². The maximum atomic E-state index is 5.73. The molecular weight excluding hydrogens is 196 g/mol. The fourth-order valence-corrected chi connectivity index (χ4v) is 2.50. The summed E-state index contributed by atoms with van der Waals surface area (Å²) in [4.78, 5) is 2.51. The van der Waals surface area contributed by atoms with E-state index in [1.165, 1.54) is 13.0 Å². The van der Waals surface area contributed by atoms with Crippen LogP contribution in [0.15, 0.2) is 0 Å². The Morgan fingerprint density at radius 1 is 1.31 bits per heavy atom. The lowest BCUT2D eigenvalue weighted by atomic mass is 9.85. The molecule has 1 rings (SSSR count). The van der Waals surface area contributed by atoms with Crippen molar-refractivity contribution in [1.29, 1.82) is 0 Å². The maximum Gasteiger partial charge on any atom is 0.0826 e. The molecule has 0 atom stereocenters. The normalized spacial score (nSPS) is 21.7. The van der Waals surface area contributed by atoms with E-state index in [0.29, 0.717) is 0 Å². The van der Waals surface area contributed by atoms with Gasteiger partial charge in [-0.25, -0.2) is 0 Å². The summed E-state index contributed by atoms with van der Waals surface area (Å²) in [5, 5.41) is 3.62. The zero-order chi connectivity index (χ0) is 12.2. The molecule has 0 aromatic carbocycles. The van der Waals surface area contributed by atoms with Crippen molar-refractivity contribution in [2.24, 2.45) is 0 Å². The van der Waals surface area contributed by atoms with Gasteiger partial charge in [-0.1, -0.05) is 12.8 Å². The van der Waals surface area contributed by atoms with Crippen LogP contribution in [0.1, 0.15) is 47.0 Å². The van der Waals surface area contributed by atoms with Gasteiger partial charge in [0.2, 0.25) is 0 Å². The van der Waals surface area contributed by atoms with Gasteiger partial charge in [0.25, 0.3) is 0 Å². The second-order valence-corrected chi connectivity index (χ2v) is 5.94. The first-order valence-corrected chi connectivity index (χ1v) is 6.40. The van der Waals surface area contributed by atoms with E-state index in [0.717, 1.165) is 25.9 Å². The first-order chi connectivity index (χ1) is 7.41. The van der Waals surface area contributed by atoms with Crippen LogP contribution < -0.4 is 5.32 Å². The highest BCUT2D eigenvalue weighted by atomic mass is 15.2. The minimum atomic E-state index is -0.0809. The average molecular weight is 222 g/mol. The van der Waals surface area contributed by atoms with E-state index in [1.807, 2.05) is 0 Å². The Morgan fingerprint density at radius 2 is 1.88 bits per heavy atom. The summed E-state index contributed by atoms with van der Waals surface area (Å²) in [6.07, 6.45) is 9.11. The van der Waals surface area contributed by atoms with Gasteiger partial charge in [0.05, 0.1) is 5.54 Å². The number of piperidine rings is 1. The third-order valence-electron chi connectivity index (χ3n) is 3.14. The van der Waals surface area contributed by atoms with Crippen LogP contribution in [0.2, 0.25) is 0 Å². The Hall–Kier alpha value is -0.520. The smallest absolute Gasteiger partial charge is 0.0826 e. The summed E-state index contributed by atoms with van der Waals surface area (Å²) in [7, 11) is 0. The van der Waals surface area contributed by atoms with E-state index in [9.17, 15) is 0 Å². The minimum absolute atomic E-state index is 0.0809. The Kier molecular flexibility index (Phi) is 4.41. The van der Waals surface area contributed by atoms with Crippen LogP contribution in [0.5, 0.6) is 0 Å². The van der Waals surface area contributed by atoms with Crippen LogP contribution in [-0.4, -0.2) is 35.6 Å². The van der Waals surface area contributed by atoms with Crippen molar-refractivity contribution in [3.63, 3.8) is 0 Å². The second-order valence-electron chi connectivity index (χ2n) is 5.94. The van der Waals surface area contributed by atoms with Crippen molar-refractivity contribution in [3.05, 3.63) is 0 Å². The molecule has 0 amide bonds. The molecule has 0 aliphatic carbocycles. The molecule has 1 heterocycles. The second kappa shape index (κ2) is 5.21. The molecule has 92 valence electrons. The first kappa shape index (κ1) is 13.5. The minimum Gasteiger partial charge on any atom is -0.303 e. The molecule has 2 heteroatoms. The fraction of sp³-hybridized carbons (Fsp3) is 0.857. The van der Waals surface area contributed by atoms with Crippen LogP contribution in [0.25, 0.3) is 0 Å². The number of nitrogens with zero attached hydrogens (tertiary/aromatic N) is 1. The van der Waals surface area contributed by atoms with Gasteiger partial charge >= 0.3 is 0 Å². The molecule has 0 radical (unpaired) electrons. The molecule has 2 nitrogen and oxygen atoms in total. The zero-order valence-electron chi connectivity index (χ0n) is 11.3. The molecule has 1 aliphatic rings. The average Bonchev–Trinajstić information content (AvgIpc) is 2.19. The molecule has 1 N–H and O–H groups in total. The van der Waals surface area contributed by atoms with E-state index in [-0.39, 0.29) is 11.1 Å². The lowest BCUT2D eigenvalue weighted by Gasteiger charge is -2.43. The standard InChI is InChI=1S/C14H26N2/c1-6-10-16-11-8-14(7-2,9-12-16)15-13(3,4)5/h2,15H,6,8-12H2,1,3-5H3. The summed E-state index contributed by atoms with van der Waals surface area (Å²) in [5.74, 6) is 3.00. The molecule has 0 aromatic rings. The zero-order valence-corrected chi connectivity index (χ0v) is 11.3. The van der Waals surface area contributed by atoms with Crippen LogP contribution in [0, 0.1) is 12.3 Å². The Balaban J connectivity index is 2.56. The van der Waals surface area contributed by atoms with Gasteiger partial charge < -0.3 is 4.90 Å². The highest BCUT2D eigenvalue weighted by Gasteiger charge is 2.35. The van der Waals surface area contributed by atoms with Gasteiger partial charge in [0.1, 0.15) is 0 Å². The molecular formula is C14H26N2. The van der Waals surface area contributed by atoms with E-state index in [2.05, 4.69) is 43.8 Å². The summed E-state index contributed by atoms with van der Waals surface area (Å²) < 4.78 is 0. The molecule has 1 saturated heterocycles. The topological polar surface area (TPSA) is 15.3 Å². The van der Waals surface area contributed by atoms with Crippen molar-refractivity contribution in [2.45, 2.75) is 58.0 Å². The number of hydrogen-bond acceptors (Lipinski definition) is 2. The molecule has 0 aromatic heterocycles. The van der Waals surface area contributed by atoms with Gasteiger partial charge in [-0.2, -0.15) is 0 Å². The van der Waals surface area contributed by atoms with Crippen LogP contribution >= 0.6 is 0 Å². The van der Waals surface area contributed by atoms with Crippen LogP contribution in [0.4, 0.5) is 0 Å². The maximum absolute atomic E-state index is 5.73. The highest BCUT2D eigenvalue weighted by Crippen LogP contribution is 2.24. The molecule has 0 unspecified atom stereocenters.